The van der Waals surface area contributed by atoms with Crippen molar-refractivity contribution in [1.29, 1.82) is 0 Å². The Morgan fingerprint density at radius 3 is 2.90 bits per heavy atom. The second-order valence-electron chi connectivity index (χ2n) is 4.94. The topological polar surface area (TPSA) is 57.6 Å². The average Bonchev–Trinajstić information content (AvgIpc) is 2.75. The molecule has 0 bridgehead atoms. The van der Waals surface area contributed by atoms with Crippen molar-refractivity contribution in [2.75, 3.05) is 17.2 Å². The highest BCUT2D eigenvalue weighted by Crippen LogP contribution is 2.39. The molecule has 1 aliphatic rings. The summed E-state index contributed by atoms with van der Waals surface area (Å²) < 4.78 is 0. The van der Waals surface area contributed by atoms with Crippen molar-refractivity contribution >= 4 is 40.1 Å². The molecule has 0 saturated carbocycles. The highest BCUT2D eigenvalue weighted by Gasteiger charge is 2.32. The Balaban J connectivity index is 2.16. The molecule has 108 valence electrons. The fourth-order valence-electron chi connectivity index (χ4n) is 2.22. The van der Waals surface area contributed by atoms with Gasteiger partial charge in [0.2, 0.25) is 5.91 Å². The van der Waals surface area contributed by atoms with E-state index < -0.39 is 0 Å². The number of aryl methyl sites for hydroxylation is 1. The van der Waals surface area contributed by atoms with Gasteiger partial charge in [0.15, 0.2) is 5.12 Å². The zero-order valence-corrected chi connectivity index (χ0v) is 12.9. The third-order valence-electron chi connectivity index (χ3n) is 3.32. The zero-order valence-electron chi connectivity index (χ0n) is 11.4. The zero-order chi connectivity index (χ0) is 14.9. The molecule has 2 rings (SSSR count). The first-order valence-corrected chi connectivity index (χ1v) is 7.68. The van der Waals surface area contributed by atoms with E-state index in [4.69, 9.17) is 11.6 Å². The van der Waals surface area contributed by atoms with Crippen molar-refractivity contribution in [3.05, 3.63) is 22.7 Å². The molecule has 6 heteroatoms. The van der Waals surface area contributed by atoms with Gasteiger partial charge in [-0.2, -0.15) is 0 Å². The van der Waals surface area contributed by atoms with Crippen molar-refractivity contribution in [2.24, 2.45) is 5.92 Å². The first-order valence-electron chi connectivity index (χ1n) is 6.32. The number of carbonyl (C=O) groups excluding carboxylic acids is 2. The number of benzene rings is 1. The Morgan fingerprint density at radius 2 is 2.25 bits per heavy atom. The lowest BCUT2D eigenvalue weighted by molar-refractivity contribution is -0.117. The standard InChI is InChI=1S/C14H16ClNO3S/c1-8-3-4-11(13(15)14(8)19)16-6-10(5-12(16)18)7-20-9(2)17/h3-4,10,19H,5-7H2,1-2H3. The maximum absolute atomic E-state index is 12.1. The summed E-state index contributed by atoms with van der Waals surface area (Å²) in [6.45, 7) is 3.80. The molecular weight excluding hydrogens is 298 g/mol. The van der Waals surface area contributed by atoms with E-state index in [1.807, 2.05) is 0 Å². The van der Waals surface area contributed by atoms with Gasteiger partial charge < -0.3 is 10.0 Å². The number of nitrogens with zero attached hydrogens (tertiary/aromatic N) is 1. The van der Waals surface area contributed by atoms with Crippen LogP contribution in [0.3, 0.4) is 0 Å². The van der Waals surface area contributed by atoms with Crippen LogP contribution in [0.25, 0.3) is 0 Å². The fourth-order valence-corrected chi connectivity index (χ4v) is 3.23. The Labute approximate surface area is 127 Å². The Kier molecular flexibility index (Phi) is 4.60. The molecule has 1 amide bonds. The van der Waals surface area contributed by atoms with Gasteiger partial charge in [0.05, 0.1) is 5.69 Å². The van der Waals surface area contributed by atoms with Crippen molar-refractivity contribution in [3.8, 4) is 5.75 Å². The monoisotopic (exact) mass is 313 g/mol. The number of phenols is 1. The van der Waals surface area contributed by atoms with Crippen molar-refractivity contribution in [1.82, 2.24) is 0 Å². The first-order chi connectivity index (χ1) is 9.40. The van der Waals surface area contributed by atoms with Gasteiger partial charge in [0, 0.05) is 25.6 Å². The van der Waals surface area contributed by atoms with Crippen LogP contribution in [-0.4, -0.2) is 28.4 Å². The van der Waals surface area contributed by atoms with Crippen LogP contribution in [0, 0.1) is 12.8 Å². The van der Waals surface area contributed by atoms with Gasteiger partial charge in [0.25, 0.3) is 0 Å². The van der Waals surface area contributed by atoms with E-state index in [2.05, 4.69) is 0 Å². The van der Waals surface area contributed by atoms with E-state index in [9.17, 15) is 14.7 Å². The maximum atomic E-state index is 12.1. The van der Waals surface area contributed by atoms with Crippen molar-refractivity contribution < 1.29 is 14.7 Å². The Bertz CT molecular complexity index is 562. The largest absolute Gasteiger partial charge is 0.506 e. The highest BCUT2D eigenvalue weighted by molar-refractivity contribution is 8.13. The van der Waals surface area contributed by atoms with E-state index in [-0.39, 0.29) is 27.7 Å². The minimum absolute atomic E-state index is 0.0125. The van der Waals surface area contributed by atoms with Crippen LogP contribution in [0.15, 0.2) is 12.1 Å². The number of carbonyl (C=O) groups is 2. The number of hydrogen-bond acceptors (Lipinski definition) is 4. The van der Waals surface area contributed by atoms with Crippen LogP contribution >= 0.6 is 23.4 Å². The molecule has 0 aromatic heterocycles. The number of halogens is 1. The molecule has 0 spiro atoms. The third kappa shape index (κ3) is 3.10. The van der Waals surface area contributed by atoms with Crippen LogP contribution in [0.4, 0.5) is 5.69 Å². The van der Waals surface area contributed by atoms with Crippen molar-refractivity contribution in [2.45, 2.75) is 20.3 Å². The second-order valence-corrected chi connectivity index (χ2v) is 6.52. The lowest BCUT2D eigenvalue weighted by atomic mass is 10.1. The molecule has 1 atom stereocenters. The molecule has 1 aromatic rings. The van der Waals surface area contributed by atoms with Crippen LogP contribution in [0.1, 0.15) is 18.9 Å². The van der Waals surface area contributed by atoms with Crippen LogP contribution in [0.2, 0.25) is 5.02 Å². The third-order valence-corrected chi connectivity index (χ3v) is 4.73. The number of aromatic hydroxyl groups is 1. The summed E-state index contributed by atoms with van der Waals surface area (Å²) in [5, 5.41) is 10.1. The molecule has 1 fully saturated rings. The van der Waals surface area contributed by atoms with E-state index in [1.54, 1.807) is 24.0 Å². The normalized spacial score (nSPS) is 18.6. The number of hydrogen-bond donors (Lipinski definition) is 1. The van der Waals surface area contributed by atoms with Crippen LogP contribution in [-0.2, 0) is 9.59 Å². The van der Waals surface area contributed by atoms with Gasteiger partial charge >= 0.3 is 0 Å². The second kappa shape index (κ2) is 6.06. The summed E-state index contributed by atoms with van der Waals surface area (Å²) in [5.74, 6) is 0.756. The molecule has 4 nitrogen and oxygen atoms in total. The summed E-state index contributed by atoms with van der Waals surface area (Å²) >= 11 is 7.35. The lowest BCUT2D eigenvalue weighted by Gasteiger charge is -2.19. The van der Waals surface area contributed by atoms with Gasteiger partial charge in [-0.1, -0.05) is 29.4 Å². The van der Waals surface area contributed by atoms with Crippen molar-refractivity contribution in [3.63, 3.8) is 0 Å². The minimum Gasteiger partial charge on any atom is -0.506 e. The number of phenolic OH excluding ortho intramolecular Hbond substituents is 1. The van der Waals surface area contributed by atoms with Gasteiger partial charge in [-0.25, -0.2) is 0 Å². The quantitative estimate of drug-likeness (QED) is 0.932. The van der Waals surface area contributed by atoms with Gasteiger partial charge in [-0.15, -0.1) is 0 Å². The van der Waals surface area contributed by atoms with Crippen LogP contribution < -0.4 is 4.90 Å². The molecule has 0 radical (unpaired) electrons. The number of anilines is 1. The summed E-state index contributed by atoms with van der Waals surface area (Å²) in [6, 6.07) is 3.48. The minimum atomic E-state index is -0.0238. The fraction of sp³-hybridized carbons (Fsp3) is 0.429. The van der Waals surface area contributed by atoms with E-state index in [0.717, 1.165) is 0 Å². The predicted octanol–water partition coefficient (Wildman–Crippen LogP) is 2.99. The number of amides is 1. The highest BCUT2D eigenvalue weighted by atomic mass is 35.5. The summed E-state index contributed by atoms with van der Waals surface area (Å²) in [5.41, 5.74) is 1.21. The molecular formula is C14H16ClNO3S. The van der Waals surface area contributed by atoms with E-state index in [1.165, 1.54) is 18.7 Å². The molecule has 0 aliphatic carbocycles. The summed E-state index contributed by atoms with van der Waals surface area (Å²) in [6.07, 6.45) is 0.408. The number of rotatable bonds is 3. The molecule has 1 aromatic carbocycles. The molecule has 1 heterocycles. The SMILES string of the molecule is CC(=O)SCC1CC(=O)N(c2ccc(C)c(O)c2Cl)C1. The maximum Gasteiger partial charge on any atom is 0.227 e. The number of thioether (sulfide) groups is 1. The Hall–Kier alpha value is -1.20. The summed E-state index contributed by atoms with van der Waals surface area (Å²) in [7, 11) is 0. The van der Waals surface area contributed by atoms with E-state index >= 15 is 0 Å². The van der Waals surface area contributed by atoms with Gasteiger partial charge in [0.1, 0.15) is 10.8 Å². The smallest absolute Gasteiger partial charge is 0.227 e. The first kappa shape index (κ1) is 15.2. The molecule has 1 saturated heterocycles. The molecule has 20 heavy (non-hydrogen) atoms. The van der Waals surface area contributed by atoms with E-state index in [0.29, 0.717) is 30.0 Å². The summed E-state index contributed by atoms with van der Waals surface area (Å²) in [4.78, 5) is 24.6. The Morgan fingerprint density at radius 1 is 1.55 bits per heavy atom. The van der Waals surface area contributed by atoms with Gasteiger partial charge in [-0.05, 0) is 24.5 Å². The van der Waals surface area contributed by atoms with Crippen LogP contribution in [0.5, 0.6) is 5.75 Å². The molecule has 1 unspecified atom stereocenters. The molecule has 1 N–H and O–H groups in total. The van der Waals surface area contributed by atoms with Gasteiger partial charge in [-0.3, -0.25) is 9.59 Å². The predicted molar refractivity (Wildman–Crippen MR) is 81.5 cm³/mol. The molecule has 1 aliphatic heterocycles. The lowest BCUT2D eigenvalue weighted by Crippen LogP contribution is -2.25. The average molecular weight is 314 g/mol.